The van der Waals surface area contributed by atoms with Crippen molar-refractivity contribution in [3.05, 3.63) is 34.7 Å². The topological polar surface area (TPSA) is 24.5 Å². The molecule has 3 nitrogen and oxygen atoms in total. The molecule has 0 saturated carbocycles. The molecule has 0 amide bonds. The standard InChI is InChI=1S/C17H24N2OS/c1-13-15-5-3-4-6-16(15)21-17(13)14(2)18-7-8-19-9-11-20-12-10-19/h3-6,14,18H,7-12H2,1-2H3. The van der Waals surface area contributed by atoms with E-state index in [1.54, 1.807) is 0 Å². The Morgan fingerprint density at radius 1 is 1.29 bits per heavy atom. The predicted molar refractivity (Wildman–Crippen MR) is 90.2 cm³/mol. The summed E-state index contributed by atoms with van der Waals surface area (Å²) in [6, 6.07) is 9.12. The van der Waals surface area contributed by atoms with E-state index in [-0.39, 0.29) is 0 Å². The van der Waals surface area contributed by atoms with Gasteiger partial charge in [-0.15, -0.1) is 11.3 Å². The first-order valence-corrected chi connectivity index (χ1v) is 8.59. The van der Waals surface area contributed by atoms with Gasteiger partial charge >= 0.3 is 0 Å². The molecule has 2 heterocycles. The second kappa shape index (κ2) is 6.88. The number of benzene rings is 1. The van der Waals surface area contributed by atoms with Gasteiger partial charge in [-0.05, 0) is 30.9 Å². The van der Waals surface area contributed by atoms with Gasteiger partial charge in [0, 0.05) is 41.8 Å². The number of thiophene rings is 1. The van der Waals surface area contributed by atoms with Crippen LogP contribution in [0.4, 0.5) is 0 Å². The molecule has 1 aromatic heterocycles. The highest BCUT2D eigenvalue weighted by Gasteiger charge is 2.15. The maximum Gasteiger partial charge on any atom is 0.0594 e. The van der Waals surface area contributed by atoms with Gasteiger partial charge in [0.2, 0.25) is 0 Å². The zero-order valence-electron chi connectivity index (χ0n) is 12.9. The smallest absolute Gasteiger partial charge is 0.0594 e. The number of nitrogens with one attached hydrogen (secondary N) is 1. The van der Waals surface area contributed by atoms with Crippen LogP contribution in [0.2, 0.25) is 0 Å². The van der Waals surface area contributed by atoms with Crippen LogP contribution in [0.15, 0.2) is 24.3 Å². The van der Waals surface area contributed by atoms with Crippen molar-refractivity contribution in [3.63, 3.8) is 0 Å². The first-order valence-electron chi connectivity index (χ1n) is 7.77. The summed E-state index contributed by atoms with van der Waals surface area (Å²) in [6.07, 6.45) is 0. The zero-order valence-corrected chi connectivity index (χ0v) is 13.7. The van der Waals surface area contributed by atoms with E-state index in [4.69, 9.17) is 4.74 Å². The van der Waals surface area contributed by atoms with Gasteiger partial charge in [0.25, 0.3) is 0 Å². The van der Waals surface area contributed by atoms with E-state index in [1.807, 2.05) is 11.3 Å². The number of hydrogen-bond donors (Lipinski definition) is 1. The Bertz CT molecular complexity index is 589. The SMILES string of the molecule is Cc1c(C(C)NCCN2CCOCC2)sc2ccccc12. The molecule has 1 aliphatic heterocycles. The van der Waals surface area contributed by atoms with Gasteiger partial charge in [-0.3, -0.25) is 4.90 Å². The van der Waals surface area contributed by atoms with Gasteiger partial charge in [0.15, 0.2) is 0 Å². The Morgan fingerprint density at radius 2 is 2.05 bits per heavy atom. The Kier molecular flexibility index (Phi) is 4.91. The minimum atomic E-state index is 0.420. The molecule has 0 radical (unpaired) electrons. The Morgan fingerprint density at radius 3 is 2.81 bits per heavy atom. The maximum absolute atomic E-state index is 5.39. The first kappa shape index (κ1) is 15.0. The zero-order chi connectivity index (χ0) is 14.7. The minimum Gasteiger partial charge on any atom is -0.379 e. The third-order valence-corrected chi connectivity index (χ3v) is 5.71. The van der Waals surface area contributed by atoms with Crippen molar-refractivity contribution in [2.45, 2.75) is 19.9 Å². The van der Waals surface area contributed by atoms with Gasteiger partial charge in [-0.2, -0.15) is 0 Å². The van der Waals surface area contributed by atoms with Crippen LogP contribution in [0.3, 0.4) is 0 Å². The molecule has 1 fully saturated rings. The summed E-state index contributed by atoms with van der Waals surface area (Å²) in [4.78, 5) is 3.94. The normalized spacial score (nSPS) is 18.2. The molecular formula is C17H24N2OS. The number of fused-ring (bicyclic) bond motifs is 1. The summed E-state index contributed by atoms with van der Waals surface area (Å²) in [5, 5.41) is 5.08. The fourth-order valence-corrected chi connectivity index (χ4v) is 4.20. The number of rotatable bonds is 5. The minimum absolute atomic E-state index is 0.420. The number of aryl methyl sites for hydroxylation is 1. The van der Waals surface area contributed by atoms with Gasteiger partial charge < -0.3 is 10.1 Å². The van der Waals surface area contributed by atoms with E-state index < -0.39 is 0 Å². The molecule has 1 saturated heterocycles. The van der Waals surface area contributed by atoms with Gasteiger partial charge in [0.05, 0.1) is 13.2 Å². The summed E-state index contributed by atoms with van der Waals surface area (Å²) >= 11 is 1.92. The summed E-state index contributed by atoms with van der Waals surface area (Å²) in [7, 11) is 0. The van der Waals surface area contributed by atoms with Crippen LogP contribution in [-0.2, 0) is 4.74 Å². The van der Waals surface area contributed by atoms with Crippen molar-refractivity contribution in [2.75, 3.05) is 39.4 Å². The van der Waals surface area contributed by atoms with Crippen molar-refractivity contribution in [3.8, 4) is 0 Å². The van der Waals surface area contributed by atoms with Crippen molar-refractivity contribution in [1.82, 2.24) is 10.2 Å². The van der Waals surface area contributed by atoms with E-state index in [0.29, 0.717) is 6.04 Å². The van der Waals surface area contributed by atoms with Gasteiger partial charge in [-0.25, -0.2) is 0 Å². The van der Waals surface area contributed by atoms with Gasteiger partial charge in [0.1, 0.15) is 0 Å². The quantitative estimate of drug-likeness (QED) is 0.918. The summed E-state index contributed by atoms with van der Waals surface area (Å²) in [6.45, 7) is 10.6. The molecule has 114 valence electrons. The van der Waals surface area contributed by atoms with E-state index in [9.17, 15) is 0 Å². The summed E-state index contributed by atoms with van der Waals surface area (Å²) in [5.41, 5.74) is 1.43. The van der Waals surface area contributed by atoms with Gasteiger partial charge in [-0.1, -0.05) is 18.2 Å². The number of ether oxygens (including phenoxy) is 1. The molecule has 21 heavy (non-hydrogen) atoms. The summed E-state index contributed by atoms with van der Waals surface area (Å²) < 4.78 is 6.78. The van der Waals surface area contributed by atoms with Crippen LogP contribution < -0.4 is 5.32 Å². The molecule has 1 atom stereocenters. The Labute approximate surface area is 130 Å². The number of hydrogen-bond acceptors (Lipinski definition) is 4. The number of morpholine rings is 1. The number of nitrogens with zero attached hydrogens (tertiary/aromatic N) is 1. The molecule has 3 rings (SSSR count). The third kappa shape index (κ3) is 3.46. The Balaban J connectivity index is 1.58. The fraction of sp³-hybridized carbons (Fsp3) is 0.529. The van der Waals surface area contributed by atoms with Crippen molar-refractivity contribution in [1.29, 1.82) is 0 Å². The lowest BCUT2D eigenvalue weighted by Crippen LogP contribution is -2.40. The summed E-state index contributed by atoms with van der Waals surface area (Å²) in [5.74, 6) is 0. The largest absolute Gasteiger partial charge is 0.379 e. The maximum atomic E-state index is 5.39. The first-order chi connectivity index (χ1) is 10.3. The highest BCUT2D eigenvalue weighted by Crippen LogP contribution is 2.34. The highest BCUT2D eigenvalue weighted by molar-refractivity contribution is 7.19. The van der Waals surface area contributed by atoms with E-state index in [2.05, 4.69) is 48.3 Å². The third-order valence-electron chi connectivity index (χ3n) is 4.26. The van der Waals surface area contributed by atoms with E-state index >= 15 is 0 Å². The van der Waals surface area contributed by atoms with Crippen molar-refractivity contribution < 1.29 is 4.74 Å². The van der Waals surface area contributed by atoms with E-state index in [0.717, 1.165) is 39.4 Å². The molecule has 1 aliphatic rings. The molecule has 1 aromatic carbocycles. The van der Waals surface area contributed by atoms with Crippen LogP contribution in [0.5, 0.6) is 0 Å². The molecule has 1 unspecified atom stereocenters. The Hall–Kier alpha value is -0.940. The molecule has 0 aliphatic carbocycles. The predicted octanol–water partition coefficient (Wildman–Crippen LogP) is 3.19. The lowest BCUT2D eigenvalue weighted by atomic mass is 10.1. The van der Waals surface area contributed by atoms with Crippen LogP contribution >= 0.6 is 11.3 Å². The molecule has 1 N–H and O–H groups in total. The average molecular weight is 304 g/mol. The van der Waals surface area contributed by atoms with Crippen molar-refractivity contribution in [2.24, 2.45) is 0 Å². The van der Waals surface area contributed by atoms with Crippen LogP contribution in [0.1, 0.15) is 23.4 Å². The lowest BCUT2D eigenvalue weighted by molar-refractivity contribution is 0.0382. The molecule has 0 spiro atoms. The van der Waals surface area contributed by atoms with Crippen molar-refractivity contribution >= 4 is 21.4 Å². The molecular weight excluding hydrogens is 280 g/mol. The molecule has 0 bridgehead atoms. The van der Waals surface area contributed by atoms with Crippen LogP contribution in [0.25, 0.3) is 10.1 Å². The molecule has 2 aromatic rings. The monoisotopic (exact) mass is 304 g/mol. The fourth-order valence-electron chi connectivity index (χ4n) is 2.96. The van der Waals surface area contributed by atoms with Crippen LogP contribution in [-0.4, -0.2) is 44.3 Å². The van der Waals surface area contributed by atoms with E-state index in [1.165, 1.54) is 20.5 Å². The average Bonchev–Trinajstić information content (AvgIpc) is 2.86. The van der Waals surface area contributed by atoms with Crippen LogP contribution in [0, 0.1) is 6.92 Å². The highest BCUT2D eigenvalue weighted by atomic mass is 32.1. The molecule has 4 heteroatoms. The lowest BCUT2D eigenvalue weighted by Gasteiger charge is -2.27. The second-order valence-electron chi connectivity index (χ2n) is 5.72. The second-order valence-corrected chi connectivity index (χ2v) is 6.80.